The van der Waals surface area contributed by atoms with E-state index in [-0.39, 0.29) is 5.82 Å². The average molecular weight is 409 g/mol. The van der Waals surface area contributed by atoms with Gasteiger partial charge in [-0.3, -0.25) is 4.98 Å². The SMILES string of the molecule is Cc1nc(-c2ccncc2)nc(NCCNc2cc(C(F)(F)F)ccn2)c1Cl. The maximum atomic E-state index is 12.7. The molecule has 10 heteroatoms. The van der Waals surface area contributed by atoms with Gasteiger partial charge in [0.25, 0.3) is 0 Å². The van der Waals surface area contributed by atoms with Crippen LogP contribution in [0, 0.1) is 6.92 Å². The summed E-state index contributed by atoms with van der Waals surface area (Å²) < 4.78 is 38.2. The third-order valence-electron chi connectivity index (χ3n) is 3.77. The molecule has 6 nitrogen and oxygen atoms in total. The van der Waals surface area contributed by atoms with E-state index < -0.39 is 11.7 Å². The van der Waals surface area contributed by atoms with Gasteiger partial charge in [-0.25, -0.2) is 15.0 Å². The highest BCUT2D eigenvalue weighted by Gasteiger charge is 2.30. The van der Waals surface area contributed by atoms with Gasteiger partial charge in [0, 0.05) is 37.2 Å². The quantitative estimate of drug-likeness (QED) is 0.587. The maximum Gasteiger partial charge on any atom is 0.416 e. The molecule has 0 fully saturated rings. The molecular weight excluding hydrogens is 393 g/mol. The van der Waals surface area contributed by atoms with Gasteiger partial charge in [-0.1, -0.05) is 11.6 Å². The molecule has 0 saturated heterocycles. The summed E-state index contributed by atoms with van der Waals surface area (Å²) in [6.07, 6.45) is -0.0132. The molecule has 0 aliphatic rings. The molecule has 0 saturated carbocycles. The Morgan fingerprint density at radius 1 is 1.00 bits per heavy atom. The van der Waals surface area contributed by atoms with Crippen LogP contribution < -0.4 is 10.6 Å². The van der Waals surface area contributed by atoms with Crippen molar-refractivity contribution in [1.29, 1.82) is 0 Å². The number of hydrogen-bond acceptors (Lipinski definition) is 6. The fourth-order valence-corrected chi connectivity index (χ4v) is 2.53. The van der Waals surface area contributed by atoms with Crippen molar-refractivity contribution < 1.29 is 13.2 Å². The van der Waals surface area contributed by atoms with Crippen molar-refractivity contribution in [2.45, 2.75) is 13.1 Å². The molecule has 0 radical (unpaired) electrons. The molecule has 3 rings (SSSR count). The van der Waals surface area contributed by atoms with Gasteiger partial charge in [0.15, 0.2) is 5.82 Å². The molecular formula is C18H16ClF3N6. The Hall–Kier alpha value is -2.94. The predicted octanol–water partition coefficient (Wildman–Crippen LogP) is 4.44. The van der Waals surface area contributed by atoms with E-state index in [9.17, 15) is 13.2 Å². The number of pyridine rings is 2. The molecule has 0 spiro atoms. The standard InChI is InChI=1S/C18H16ClF3N6/c1-11-15(19)17(28-16(27-11)12-2-5-23-6-3-12)26-9-8-25-14-10-13(4-7-24-14)18(20,21)22/h2-7,10H,8-9H2,1H3,(H,24,25)(H,26,27,28). The van der Waals surface area contributed by atoms with E-state index in [1.54, 1.807) is 31.5 Å². The van der Waals surface area contributed by atoms with E-state index in [0.717, 1.165) is 23.9 Å². The number of halogens is 4. The van der Waals surface area contributed by atoms with Gasteiger partial charge in [-0.15, -0.1) is 0 Å². The molecule has 2 N–H and O–H groups in total. The Balaban J connectivity index is 1.64. The molecule has 0 atom stereocenters. The summed E-state index contributed by atoms with van der Waals surface area (Å²) in [5.74, 6) is 1.08. The Morgan fingerprint density at radius 2 is 1.71 bits per heavy atom. The zero-order chi connectivity index (χ0) is 20.1. The van der Waals surface area contributed by atoms with Crippen LogP contribution in [0.2, 0.25) is 5.02 Å². The first-order valence-electron chi connectivity index (χ1n) is 8.30. The first kappa shape index (κ1) is 19.8. The first-order chi connectivity index (χ1) is 13.3. The monoisotopic (exact) mass is 408 g/mol. The first-order valence-corrected chi connectivity index (χ1v) is 8.68. The number of anilines is 2. The lowest BCUT2D eigenvalue weighted by Gasteiger charge is -2.12. The van der Waals surface area contributed by atoms with Crippen molar-refractivity contribution in [3.8, 4) is 11.4 Å². The summed E-state index contributed by atoms with van der Waals surface area (Å²) in [6.45, 7) is 2.45. The van der Waals surface area contributed by atoms with E-state index in [0.29, 0.717) is 35.4 Å². The Morgan fingerprint density at radius 3 is 2.43 bits per heavy atom. The van der Waals surface area contributed by atoms with E-state index >= 15 is 0 Å². The van der Waals surface area contributed by atoms with Crippen molar-refractivity contribution in [2.24, 2.45) is 0 Å². The molecule has 0 aliphatic heterocycles. The lowest BCUT2D eigenvalue weighted by molar-refractivity contribution is -0.137. The van der Waals surface area contributed by atoms with E-state index in [4.69, 9.17) is 11.6 Å². The number of nitrogens with zero attached hydrogens (tertiary/aromatic N) is 4. The molecule has 3 aromatic heterocycles. The predicted molar refractivity (Wildman–Crippen MR) is 101 cm³/mol. The molecule has 3 heterocycles. The third kappa shape index (κ3) is 4.86. The minimum absolute atomic E-state index is 0.138. The van der Waals surface area contributed by atoms with Crippen LogP contribution in [-0.2, 0) is 6.18 Å². The van der Waals surface area contributed by atoms with E-state index in [1.165, 1.54) is 0 Å². The number of hydrogen-bond donors (Lipinski definition) is 2. The van der Waals surface area contributed by atoms with Gasteiger partial charge in [0.1, 0.15) is 16.7 Å². The van der Waals surface area contributed by atoms with Crippen LogP contribution in [0.15, 0.2) is 42.9 Å². The Bertz CT molecular complexity index is 950. The summed E-state index contributed by atoms with van der Waals surface area (Å²) in [6, 6.07) is 5.46. The van der Waals surface area contributed by atoms with Gasteiger partial charge in [0.05, 0.1) is 11.3 Å². The van der Waals surface area contributed by atoms with Gasteiger partial charge in [0.2, 0.25) is 0 Å². The van der Waals surface area contributed by atoms with Crippen molar-refractivity contribution in [3.63, 3.8) is 0 Å². The third-order valence-corrected chi connectivity index (χ3v) is 4.22. The normalized spacial score (nSPS) is 11.3. The van der Waals surface area contributed by atoms with Crippen LogP contribution in [0.5, 0.6) is 0 Å². The second-order valence-electron chi connectivity index (χ2n) is 5.81. The van der Waals surface area contributed by atoms with Crippen LogP contribution in [0.3, 0.4) is 0 Å². The summed E-state index contributed by atoms with van der Waals surface area (Å²) in [5.41, 5.74) is 0.650. The summed E-state index contributed by atoms with van der Waals surface area (Å²) in [5, 5.41) is 6.29. The average Bonchev–Trinajstić information content (AvgIpc) is 2.68. The second kappa shape index (κ2) is 8.39. The van der Waals surface area contributed by atoms with Crippen molar-refractivity contribution in [1.82, 2.24) is 19.9 Å². The lowest BCUT2D eigenvalue weighted by Crippen LogP contribution is -2.16. The lowest BCUT2D eigenvalue weighted by atomic mass is 10.2. The fourth-order valence-electron chi connectivity index (χ4n) is 2.38. The van der Waals surface area contributed by atoms with Gasteiger partial charge >= 0.3 is 6.18 Å². The fraction of sp³-hybridized carbons (Fsp3) is 0.222. The summed E-state index contributed by atoms with van der Waals surface area (Å²) in [4.78, 5) is 16.6. The minimum Gasteiger partial charge on any atom is -0.368 e. The number of nitrogens with one attached hydrogen (secondary N) is 2. The molecule has 0 amide bonds. The zero-order valence-corrected chi connectivity index (χ0v) is 15.5. The smallest absolute Gasteiger partial charge is 0.368 e. The second-order valence-corrected chi connectivity index (χ2v) is 6.19. The van der Waals surface area contributed by atoms with E-state index in [2.05, 4.69) is 30.6 Å². The van der Waals surface area contributed by atoms with E-state index in [1.807, 2.05) is 0 Å². The number of alkyl halides is 3. The Kier molecular flexibility index (Phi) is 5.93. The zero-order valence-electron chi connectivity index (χ0n) is 14.8. The molecule has 0 aromatic carbocycles. The highest BCUT2D eigenvalue weighted by molar-refractivity contribution is 6.33. The number of rotatable bonds is 6. The highest BCUT2D eigenvalue weighted by Crippen LogP contribution is 2.30. The molecule has 146 valence electrons. The van der Waals surface area contributed by atoms with Crippen molar-refractivity contribution >= 4 is 23.2 Å². The van der Waals surface area contributed by atoms with Gasteiger partial charge in [-0.2, -0.15) is 13.2 Å². The maximum absolute atomic E-state index is 12.7. The summed E-state index contributed by atoms with van der Waals surface area (Å²) in [7, 11) is 0. The topological polar surface area (TPSA) is 75.6 Å². The van der Waals surface area contributed by atoms with Crippen molar-refractivity contribution in [2.75, 3.05) is 23.7 Å². The summed E-state index contributed by atoms with van der Waals surface area (Å²) >= 11 is 6.26. The van der Waals surface area contributed by atoms with Gasteiger partial charge < -0.3 is 10.6 Å². The van der Waals surface area contributed by atoms with Crippen LogP contribution in [-0.4, -0.2) is 33.0 Å². The van der Waals surface area contributed by atoms with Crippen LogP contribution in [0.4, 0.5) is 24.8 Å². The molecule has 0 aliphatic carbocycles. The minimum atomic E-state index is -4.41. The Labute approximate surface area is 164 Å². The molecule has 28 heavy (non-hydrogen) atoms. The largest absolute Gasteiger partial charge is 0.416 e. The van der Waals surface area contributed by atoms with Gasteiger partial charge in [-0.05, 0) is 31.2 Å². The molecule has 0 unspecified atom stereocenters. The van der Waals surface area contributed by atoms with Crippen LogP contribution >= 0.6 is 11.6 Å². The molecule has 3 aromatic rings. The van der Waals surface area contributed by atoms with Crippen LogP contribution in [0.1, 0.15) is 11.3 Å². The highest BCUT2D eigenvalue weighted by atomic mass is 35.5. The number of aromatic nitrogens is 4. The molecule has 0 bridgehead atoms. The van der Waals surface area contributed by atoms with Crippen LogP contribution in [0.25, 0.3) is 11.4 Å². The number of aryl methyl sites for hydroxylation is 1. The van der Waals surface area contributed by atoms with Crippen molar-refractivity contribution in [3.05, 3.63) is 59.1 Å².